The first-order valence-electron chi connectivity index (χ1n) is 8.63. The molecule has 3 fully saturated rings. The highest BCUT2D eigenvalue weighted by Crippen LogP contribution is 2.49. The van der Waals surface area contributed by atoms with Gasteiger partial charge in [0.05, 0.1) is 11.2 Å². The Morgan fingerprint density at radius 3 is 2.09 bits per heavy atom. The lowest BCUT2D eigenvalue weighted by molar-refractivity contribution is -0.229. The molecule has 0 amide bonds. The quantitative estimate of drug-likeness (QED) is 0.735. The van der Waals surface area contributed by atoms with E-state index in [0.29, 0.717) is 11.7 Å². The van der Waals surface area contributed by atoms with Gasteiger partial charge in [-0.3, -0.25) is 0 Å². The number of ether oxygens (including phenoxy) is 1. The van der Waals surface area contributed by atoms with Crippen molar-refractivity contribution < 1.29 is 9.84 Å². The van der Waals surface area contributed by atoms with E-state index in [0.717, 1.165) is 17.0 Å². The van der Waals surface area contributed by atoms with Gasteiger partial charge >= 0.3 is 0 Å². The number of hydrogen-bond donors (Lipinski definition) is 1. The molecule has 124 valence electrons. The maximum Gasteiger partial charge on any atom is 0.119 e. The van der Waals surface area contributed by atoms with E-state index in [1.54, 1.807) is 6.07 Å². The third kappa shape index (κ3) is 3.84. The molecule has 3 aliphatic rings. The summed E-state index contributed by atoms with van der Waals surface area (Å²) in [4.78, 5) is 0. The average Bonchev–Trinajstić information content (AvgIpc) is 2.37. The molecular formula is C20H32O2. The van der Waals surface area contributed by atoms with E-state index in [1.807, 2.05) is 19.1 Å². The van der Waals surface area contributed by atoms with Gasteiger partial charge in [0.25, 0.3) is 0 Å². The molecule has 2 nitrogen and oxygen atoms in total. The van der Waals surface area contributed by atoms with E-state index < -0.39 is 0 Å². The Kier molecular flexibility index (Phi) is 4.91. The summed E-state index contributed by atoms with van der Waals surface area (Å²) in [5.41, 5.74) is 2.51. The van der Waals surface area contributed by atoms with Crippen molar-refractivity contribution in [2.24, 2.45) is 5.92 Å². The molecule has 1 aliphatic carbocycles. The summed E-state index contributed by atoms with van der Waals surface area (Å²) < 4.78 is 6.06. The lowest BCUT2D eigenvalue weighted by atomic mass is 9.69. The summed E-state index contributed by atoms with van der Waals surface area (Å²) in [5, 5.41) is 9.46. The largest absolute Gasteiger partial charge is 0.508 e. The summed E-state index contributed by atoms with van der Waals surface area (Å²) in [6.07, 6.45) is 5.31. The van der Waals surface area contributed by atoms with Crippen molar-refractivity contribution >= 4 is 0 Å². The van der Waals surface area contributed by atoms with E-state index in [4.69, 9.17) is 4.74 Å². The molecule has 0 radical (unpaired) electrons. The highest BCUT2D eigenvalue weighted by atomic mass is 16.5. The standard InChI is InChI=1S/C10H18O.C10H14O/c1-9(2)8-4-6-10(3,11-9)7-5-8;1-7(2)9-5-4-8(3)6-10(9)11/h8H,4-7H2,1-3H3;4-7,11H,1-3H3. The molecule has 2 aliphatic heterocycles. The number of phenolic OH excluding ortho intramolecular Hbond substituents is 1. The van der Waals surface area contributed by atoms with Gasteiger partial charge in [-0.05, 0) is 82.4 Å². The van der Waals surface area contributed by atoms with E-state index in [2.05, 4.69) is 34.6 Å². The van der Waals surface area contributed by atoms with E-state index in [1.165, 1.54) is 25.7 Å². The normalized spacial score (nSPS) is 29.1. The van der Waals surface area contributed by atoms with Crippen LogP contribution in [0.15, 0.2) is 18.2 Å². The van der Waals surface area contributed by atoms with Crippen molar-refractivity contribution in [1.82, 2.24) is 0 Å². The molecule has 0 atom stereocenters. The minimum Gasteiger partial charge on any atom is -0.508 e. The first-order chi connectivity index (χ1) is 10.1. The van der Waals surface area contributed by atoms with E-state index in [-0.39, 0.29) is 11.2 Å². The van der Waals surface area contributed by atoms with Crippen LogP contribution in [0.1, 0.15) is 77.3 Å². The molecule has 1 saturated carbocycles. The third-order valence-corrected chi connectivity index (χ3v) is 5.34. The number of fused-ring (bicyclic) bond motifs is 3. The van der Waals surface area contributed by atoms with Crippen molar-refractivity contribution in [3.05, 3.63) is 29.3 Å². The highest BCUT2D eigenvalue weighted by Gasteiger charge is 2.48. The maximum atomic E-state index is 9.46. The van der Waals surface area contributed by atoms with Crippen molar-refractivity contribution in [2.45, 2.75) is 84.3 Å². The second-order valence-electron chi connectivity index (χ2n) is 8.15. The molecule has 2 saturated heterocycles. The van der Waals surface area contributed by atoms with Crippen molar-refractivity contribution in [1.29, 1.82) is 0 Å². The zero-order chi connectivity index (χ0) is 16.5. The Hall–Kier alpha value is -1.02. The predicted octanol–water partition coefficient (Wildman–Crippen LogP) is 5.57. The monoisotopic (exact) mass is 304 g/mol. The van der Waals surface area contributed by atoms with Crippen LogP contribution < -0.4 is 0 Å². The Balaban J connectivity index is 0.000000160. The molecule has 0 spiro atoms. The second kappa shape index (κ2) is 6.23. The van der Waals surface area contributed by atoms with Crippen LogP contribution in [-0.4, -0.2) is 16.3 Å². The van der Waals surface area contributed by atoms with Gasteiger partial charge in [0.2, 0.25) is 0 Å². The van der Waals surface area contributed by atoms with Crippen LogP contribution in [-0.2, 0) is 4.74 Å². The zero-order valence-electron chi connectivity index (χ0n) is 15.1. The number of aromatic hydroxyl groups is 1. The highest BCUT2D eigenvalue weighted by molar-refractivity contribution is 5.37. The number of rotatable bonds is 1. The first-order valence-corrected chi connectivity index (χ1v) is 8.63. The second-order valence-corrected chi connectivity index (χ2v) is 8.15. The van der Waals surface area contributed by atoms with Gasteiger partial charge in [-0.25, -0.2) is 0 Å². The number of benzene rings is 1. The van der Waals surface area contributed by atoms with Crippen LogP contribution >= 0.6 is 0 Å². The van der Waals surface area contributed by atoms with Crippen LogP contribution in [0, 0.1) is 12.8 Å². The van der Waals surface area contributed by atoms with Gasteiger partial charge in [-0.2, -0.15) is 0 Å². The molecule has 1 aromatic rings. The minimum absolute atomic E-state index is 0.158. The Morgan fingerprint density at radius 1 is 1.14 bits per heavy atom. The van der Waals surface area contributed by atoms with Gasteiger partial charge < -0.3 is 9.84 Å². The fourth-order valence-electron chi connectivity index (χ4n) is 3.89. The summed E-state index contributed by atoms with van der Waals surface area (Å²) in [6.45, 7) is 12.9. The van der Waals surface area contributed by atoms with Gasteiger partial charge in [-0.15, -0.1) is 0 Å². The summed E-state index contributed by atoms with van der Waals surface area (Å²) in [7, 11) is 0. The van der Waals surface area contributed by atoms with Crippen LogP contribution in [0.5, 0.6) is 5.75 Å². The number of hydrogen-bond acceptors (Lipinski definition) is 2. The van der Waals surface area contributed by atoms with Crippen molar-refractivity contribution in [3.8, 4) is 5.75 Å². The number of aryl methyl sites for hydroxylation is 1. The summed E-state index contributed by atoms with van der Waals surface area (Å²) in [5.74, 6) is 1.64. The van der Waals surface area contributed by atoms with Gasteiger partial charge in [0.1, 0.15) is 5.75 Å². The fourth-order valence-corrected chi connectivity index (χ4v) is 3.89. The van der Waals surface area contributed by atoms with Gasteiger partial charge in [0.15, 0.2) is 0 Å². The Labute approximate surface area is 135 Å². The maximum absolute atomic E-state index is 9.46. The lowest BCUT2D eigenvalue weighted by Crippen LogP contribution is -2.53. The van der Waals surface area contributed by atoms with Crippen molar-refractivity contribution in [3.63, 3.8) is 0 Å². The van der Waals surface area contributed by atoms with Crippen LogP contribution in [0.4, 0.5) is 0 Å². The average molecular weight is 304 g/mol. The molecular weight excluding hydrogens is 272 g/mol. The smallest absolute Gasteiger partial charge is 0.119 e. The Bertz CT molecular complexity index is 506. The summed E-state index contributed by atoms with van der Waals surface area (Å²) in [6, 6.07) is 5.81. The number of phenols is 1. The molecule has 2 bridgehead atoms. The first kappa shape index (κ1) is 17.3. The lowest BCUT2D eigenvalue weighted by Gasteiger charge is -2.54. The molecule has 4 rings (SSSR count). The van der Waals surface area contributed by atoms with Crippen LogP contribution in [0.2, 0.25) is 0 Å². The molecule has 22 heavy (non-hydrogen) atoms. The van der Waals surface area contributed by atoms with E-state index in [9.17, 15) is 5.11 Å². The van der Waals surface area contributed by atoms with Crippen molar-refractivity contribution in [2.75, 3.05) is 0 Å². The molecule has 0 aromatic heterocycles. The fraction of sp³-hybridized carbons (Fsp3) is 0.700. The Morgan fingerprint density at radius 2 is 1.73 bits per heavy atom. The van der Waals surface area contributed by atoms with Gasteiger partial charge in [0, 0.05) is 0 Å². The molecule has 2 heterocycles. The molecule has 0 unspecified atom stereocenters. The minimum atomic E-state index is 0.158. The zero-order valence-corrected chi connectivity index (χ0v) is 15.1. The van der Waals surface area contributed by atoms with Crippen LogP contribution in [0.25, 0.3) is 0 Å². The third-order valence-electron chi connectivity index (χ3n) is 5.34. The predicted molar refractivity (Wildman–Crippen MR) is 92.5 cm³/mol. The topological polar surface area (TPSA) is 29.5 Å². The molecule has 1 aromatic carbocycles. The molecule has 1 N–H and O–H groups in total. The van der Waals surface area contributed by atoms with Gasteiger partial charge in [-0.1, -0.05) is 26.0 Å². The summed E-state index contributed by atoms with van der Waals surface area (Å²) >= 11 is 0. The van der Waals surface area contributed by atoms with Crippen LogP contribution in [0.3, 0.4) is 0 Å². The van der Waals surface area contributed by atoms with E-state index >= 15 is 0 Å². The molecule has 2 heteroatoms. The SMILES string of the molecule is CC12CCC(CC1)C(C)(C)O2.Cc1ccc(C(C)C)c(O)c1.